The summed E-state index contributed by atoms with van der Waals surface area (Å²) in [4.78, 5) is 0. The molecule has 4 rings (SSSR count). The van der Waals surface area contributed by atoms with E-state index in [1.54, 1.807) is 0 Å². The first-order chi connectivity index (χ1) is 16.5. The molecule has 0 saturated heterocycles. The largest absolute Gasteiger partial charge is 0.497 e. The van der Waals surface area contributed by atoms with Crippen LogP contribution < -0.4 is 9.47 Å². The highest BCUT2D eigenvalue weighted by Crippen LogP contribution is 2.37. The van der Waals surface area contributed by atoms with Gasteiger partial charge in [0.2, 0.25) is 0 Å². The molecule has 0 heterocycles. The minimum absolute atomic E-state index is 0.0795. The molecular formula is C25H14F8O2. The van der Waals surface area contributed by atoms with E-state index < -0.39 is 53.2 Å². The minimum Gasteiger partial charge on any atom is -0.497 e. The lowest BCUT2D eigenvalue weighted by atomic mass is 9.96. The SMILES string of the molecule is COc1ccc(-c2cc(F)c(-c3ccc4c(F)c(OCC(F)(F)F)c(F)cc4c3)c(F)c2)c(F)c1. The van der Waals surface area contributed by atoms with Gasteiger partial charge in [0, 0.05) is 17.0 Å². The predicted molar refractivity (Wildman–Crippen MR) is 113 cm³/mol. The average Bonchev–Trinajstić information content (AvgIpc) is 2.77. The van der Waals surface area contributed by atoms with Crippen LogP contribution >= 0.6 is 0 Å². The molecule has 0 amide bonds. The van der Waals surface area contributed by atoms with Crippen molar-refractivity contribution in [1.29, 1.82) is 0 Å². The van der Waals surface area contributed by atoms with Gasteiger partial charge in [-0.3, -0.25) is 0 Å². The Morgan fingerprint density at radius 1 is 0.714 bits per heavy atom. The first kappa shape index (κ1) is 24.3. The standard InChI is InChI=1S/C25H14F8O2/c1-34-15-3-5-16(18(26)10-15)14-7-19(27)22(20(28)8-14)12-2-4-17-13(6-12)9-21(29)24(23(17)30)35-11-25(31,32)33/h2-10H,11H2,1H3. The molecule has 2 nitrogen and oxygen atoms in total. The molecule has 0 spiro atoms. The van der Waals surface area contributed by atoms with Gasteiger partial charge in [-0.15, -0.1) is 0 Å². The van der Waals surface area contributed by atoms with Crippen LogP contribution in [-0.2, 0) is 0 Å². The molecule has 0 aliphatic rings. The molecule has 0 saturated carbocycles. The predicted octanol–water partition coefficient (Wildman–Crippen LogP) is 7.82. The maximum absolute atomic E-state index is 14.9. The van der Waals surface area contributed by atoms with E-state index in [2.05, 4.69) is 4.74 Å². The van der Waals surface area contributed by atoms with Gasteiger partial charge in [-0.2, -0.15) is 13.2 Å². The second-order valence-corrected chi connectivity index (χ2v) is 7.50. The third-order valence-corrected chi connectivity index (χ3v) is 5.18. The molecule has 0 atom stereocenters. The Labute approximate surface area is 193 Å². The van der Waals surface area contributed by atoms with Crippen molar-refractivity contribution >= 4 is 10.8 Å². The summed E-state index contributed by atoms with van der Waals surface area (Å²) in [5.74, 6) is -6.71. The van der Waals surface area contributed by atoms with Gasteiger partial charge in [0.1, 0.15) is 23.2 Å². The lowest BCUT2D eigenvalue weighted by Crippen LogP contribution is -2.20. The number of methoxy groups -OCH3 is 1. The number of hydrogen-bond acceptors (Lipinski definition) is 2. The average molecular weight is 498 g/mol. The van der Waals surface area contributed by atoms with E-state index in [-0.39, 0.29) is 33.2 Å². The molecule has 0 bridgehead atoms. The molecule has 4 aromatic rings. The van der Waals surface area contributed by atoms with Gasteiger partial charge in [0.15, 0.2) is 24.0 Å². The summed E-state index contributed by atoms with van der Waals surface area (Å²) in [6.45, 7) is -1.90. The molecule has 4 aromatic carbocycles. The number of benzene rings is 4. The Morgan fingerprint density at radius 3 is 2.00 bits per heavy atom. The number of halogens is 8. The molecule has 0 aromatic heterocycles. The molecule has 182 valence electrons. The van der Waals surface area contributed by atoms with Crippen molar-refractivity contribution in [2.75, 3.05) is 13.7 Å². The van der Waals surface area contributed by atoms with Gasteiger partial charge >= 0.3 is 6.18 Å². The lowest BCUT2D eigenvalue weighted by Gasteiger charge is -2.14. The van der Waals surface area contributed by atoms with Crippen LogP contribution in [0, 0.1) is 29.1 Å². The van der Waals surface area contributed by atoms with Crippen molar-refractivity contribution < 1.29 is 44.6 Å². The minimum atomic E-state index is -4.81. The fraction of sp³-hybridized carbons (Fsp3) is 0.120. The van der Waals surface area contributed by atoms with Crippen LogP contribution in [0.15, 0.2) is 54.6 Å². The van der Waals surface area contributed by atoms with Crippen LogP contribution in [0.4, 0.5) is 35.1 Å². The second-order valence-electron chi connectivity index (χ2n) is 7.50. The van der Waals surface area contributed by atoms with E-state index in [9.17, 15) is 35.1 Å². The van der Waals surface area contributed by atoms with Crippen LogP contribution in [0.1, 0.15) is 0 Å². The van der Waals surface area contributed by atoms with Crippen molar-refractivity contribution in [2.45, 2.75) is 6.18 Å². The van der Waals surface area contributed by atoms with Gasteiger partial charge in [-0.1, -0.05) is 12.1 Å². The van der Waals surface area contributed by atoms with Crippen LogP contribution in [0.2, 0.25) is 0 Å². The Morgan fingerprint density at radius 2 is 1.40 bits per heavy atom. The van der Waals surface area contributed by atoms with E-state index in [0.717, 1.165) is 36.4 Å². The maximum atomic E-state index is 14.9. The van der Waals surface area contributed by atoms with Crippen LogP contribution in [0.3, 0.4) is 0 Å². The van der Waals surface area contributed by atoms with Crippen molar-refractivity contribution in [1.82, 2.24) is 0 Å². The zero-order valence-electron chi connectivity index (χ0n) is 17.7. The highest BCUT2D eigenvalue weighted by molar-refractivity contribution is 5.89. The van der Waals surface area contributed by atoms with E-state index in [4.69, 9.17) is 4.74 Å². The van der Waals surface area contributed by atoms with Crippen LogP contribution in [-0.4, -0.2) is 19.9 Å². The molecule has 10 heteroatoms. The number of ether oxygens (including phenoxy) is 2. The van der Waals surface area contributed by atoms with Crippen molar-refractivity contribution in [2.24, 2.45) is 0 Å². The quantitative estimate of drug-likeness (QED) is 0.261. The summed E-state index contributed by atoms with van der Waals surface area (Å²) < 4.78 is 119. The summed E-state index contributed by atoms with van der Waals surface area (Å²) >= 11 is 0. The molecule has 0 radical (unpaired) electrons. The highest BCUT2D eigenvalue weighted by Gasteiger charge is 2.30. The summed E-state index contributed by atoms with van der Waals surface area (Å²) in [5.41, 5.74) is -0.808. The monoisotopic (exact) mass is 498 g/mol. The summed E-state index contributed by atoms with van der Waals surface area (Å²) in [6, 6.07) is 9.50. The number of alkyl halides is 3. The van der Waals surface area contributed by atoms with Crippen LogP contribution in [0.25, 0.3) is 33.0 Å². The molecule has 35 heavy (non-hydrogen) atoms. The first-order valence-corrected chi connectivity index (χ1v) is 9.93. The van der Waals surface area contributed by atoms with E-state index in [1.165, 1.54) is 19.2 Å². The van der Waals surface area contributed by atoms with Crippen molar-refractivity contribution in [3.8, 4) is 33.8 Å². The Hall–Kier alpha value is -3.82. The first-order valence-electron chi connectivity index (χ1n) is 9.93. The summed E-state index contributed by atoms with van der Waals surface area (Å²) in [6.07, 6.45) is -4.81. The topological polar surface area (TPSA) is 18.5 Å². The third-order valence-electron chi connectivity index (χ3n) is 5.18. The zero-order chi connectivity index (χ0) is 25.5. The Bertz CT molecular complexity index is 1410. The van der Waals surface area contributed by atoms with Gasteiger partial charge in [-0.25, -0.2) is 22.0 Å². The fourth-order valence-electron chi connectivity index (χ4n) is 3.61. The molecule has 0 fully saturated rings. The third kappa shape index (κ3) is 4.87. The normalized spacial score (nSPS) is 11.7. The van der Waals surface area contributed by atoms with Gasteiger partial charge < -0.3 is 9.47 Å². The summed E-state index contributed by atoms with van der Waals surface area (Å²) in [7, 11) is 1.33. The van der Waals surface area contributed by atoms with Crippen molar-refractivity contribution in [3.05, 3.63) is 83.7 Å². The Balaban J connectivity index is 1.75. The number of fused-ring (bicyclic) bond motifs is 1. The fourth-order valence-corrected chi connectivity index (χ4v) is 3.61. The van der Waals surface area contributed by atoms with Gasteiger partial charge in [-0.05, 0) is 52.9 Å². The molecule has 0 aliphatic carbocycles. The van der Waals surface area contributed by atoms with E-state index in [0.29, 0.717) is 6.07 Å². The van der Waals surface area contributed by atoms with E-state index in [1.807, 2.05) is 0 Å². The maximum Gasteiger partial charge on any atom is 0.422 e. The van der Waals surface area contributed by atoms with Gasteiger partial charge in [0.05, 0.1) is 12.7 Å². The molecule has 0 aliphatic heterocycles. The molecular weight excluding hydrogens is 484 g/mol. The van der Waals surface area contributed by atoms with Crippen LogP contribution in [0.5, 0.6) is 11.5 Å². The zero-order valence-corrected chi connectivity index (χ0v) is 17.7. The number of rotatable bonds is 5. The van der Waals surface area contributed by atoms with E-state index >= 15 is 0 Å². The molecule has 0 N–H and O–H groups in total. The summed E-state index contributed by atoms with van der Waals surface area (Å²) in [5, 5.41) is -0.481. The second kappa shape index (κ2) is 9.09. The number of hydrogen-bond donors (Lipinski definition) is 0. The Kier molecular flexibility index (Phi) is 6.31. The highest BCUT2D eigenvalue weighted by atomic mass is 19.4. The lowest BCUT2D eigenvalue weighted by molar-refractivity contribution is -0.154. The van der Waals surface area contributed by atoms with Gasteiger partial charge in [0.25, 0.3) is 0 Å². The molecule has 0 unspecified atom stereocenters. The smallest absolute Gasteiger partial charge is 0.422 e. The van der Waals surface area contributed by atoms with Crippen molar-refractivity contribution in [3.63, 3.8) is 0 Å².